The predicted molar refractivity (Wildman–Crippen MR) is 65.2 cm³/mol. The van der Waals surface area contributed by atoms with E-state index in [0.29, 0.717) is 6.54 Å². The van der Waals surface area contributed by atoms with Crippen molar-refractivity contribution in [3.05, 3.63) is 0 Å². The number of piperidine rings is 1. The van der Waals surface area contributed by atoms with Crippen molar-refractivity contribution >= 4 is 6.03 Å². The van der Waals surface area contributed by atoms with Gasteiger partial charge in [-0.3, -0.25) is 4.90 Å². The largest absolute Gasteiger partial charge is 0.341 e. The topological polar surface area (TPSA) is 35.6 Å². The highest BCUT2D eigenvalue weighted by Crippen LogP contribution is 2.06. The van der Waals surface area contributed by atoms with Crippen molar-refractivity contribution in [3.8, 4) is 11.8 Å². The average molecular weight is 223 g/mol. The molecule has 2 amide bonds. The van der Waals surface area contributed by atoms with Crippen LogP contribution in [-0.2, 0) is 0 Å². The van der Waals surface area contributed by atoms with Gasteiger partial charge in [-0.2, -0.15) is 0 Å². The molecule has 4 nitrogen and oxygen atoms in total. The molecule has 1 heterocycles. The number of urea groups is 1. The lowest BCUT2D eigenvalue weighted by atomic mass is 10.1. The Bertz CT molecular complexity index is 274. The lowest BCUT2D eigenvalue weighted by Gasteiger charge is -2.23. The van der Waals surface area contributed by atoms with Crippen molar-refractivity contribution in [2.24, 2.45) is 0 Å². The fourth-order valence-electron chi connectivity index (χ4n) is 1.72. The third kappa shape index (κ3) is 4.54. The van der Waals surface area contributed by atoms with Crippen molar-refractivity contribution in [1.82, 2.24) is 15.1 Å². The molecule has 1 saturated heterocycles. The number of nitrogens with zero attached hydrogens (tertiary/aromatic N) is 2. The van der Waals surface area contributed by atoms with Crippen LogP contribution in [0.15, 0.2) is 0 Å². The molecule has 4 heteroatoms. The molecule has 1 N–H and O–H groups in total. The maximum Gasteiger partial charge on any atom is 0.317 e. The summed E-state index contributed by atoms with van der Waals surface area (Å²) in [7, 11) is 3.37. The number of carbonyl (C=O) groups is 1. The normalized spacial score (nSPS) is 16.1. The van der Waals surface area contributed by atoms with Crippen LogP contribution in [0.3, 0.4) is 0 Å². The summed E-state index contributed by atoms with van der Waals surface area (Å²) in [6, 6.07) is -0.0905. The maximum atomic E-state index is 11.1. The minimum atomic E-state index is -0.0905. The standard InChI is InChI=1S/C12H21N3O/c1-13-12(16)14(2)8-6-7-11-15-9-4-3-5-10-15/h3-5,8-11H2,1-2H3,(H,13,16). The molecule has 0 atom stereocenters. The molecular formula is C12H21N3O. The van der Waals surface area contributed by atoms with E-state index in [1.807, 2.05) is 0 Å². The van der Waals surface area contributed by atoms with Gasteiger partial charge >= 0.3 is 6.03 Å². The molecule has 0 bridgehead atoms. The van der Waals surface area contributed by atoms with Gasteiger partial charge in [0.1, 0.15) is 0 Å². The summed E-state index contributed by atoms with van der Waals surface area (Å²) in [5, 5.41) is 2.56. The van der Waals surface area contributed by atoms with Gasteiger partial charge in [-0.1, -0.05) is 18.3 Å². The second-order valence-corrected chi connectivity index (χ2v) is 4.10. The van der Waals surface area contributed by atoms with Crippen molar-refractivity contribution in [3.63, 3.8) is 0 Å². The fourth-order valence-corrected chi connectivity index (χ4v) is 1.72. The molecule has 1 aliphatic heterocycles. The van der Waals surface area contributed by atoms with Gasteiger partial charge in [0.05, 0.1) is 13.1 Å². The van der Waals surface area contributed by atoms with Gasteiger partial charge in [-0.15, -0.1) is 0 Å². The summed E-state index contributed by atoms with van der Waals surface area (Å²) in [6.07, 6.45) is 3.93. The summed E-state index contributed by atoms with van der Waals surface area (Å²) >= 11 is 0. The minimum absolute atomic E-state index is 0.0905. The molecule has 0 saturated carbocycles. The zero-order valence-electron chi connectivity index (χ0n) is 10.3. The van der Waals surface area contributed by atoms with Gasteiger partial charge in [0.2, 0.25) is 0 Å². The second-order valence-electron chi connectivity index (χ2n) is 4.10. The predicted octanol–water partition coefficient (Wildman–Crippen LogP) is 0.747. The van der Waals surface area contributed by atoms with Gasteiger partial charge in [0, 0.05) is 14.1 Å². The Kier molecular flexibility index (Phi) is 5.73. The van der Waals surface area contributed by atoms with E-state index in [4.69, 9.17) is 0 Å². The highest BCUT2D eigenvalue weighted by Gasteiger charge is 2.07. The Labute approximate surface area is 98.0 Å². The van der Waals surface area contributed by atoms with E-state index in [-0.39, 0.29) is 6.03 Å². The first-order valence-corrected chi connectivity index (χ1v) is 5.85. The molecular weight excluding hydrogens is 202 g/mol. The zero-order chi connectivity index (χ0) is 11.8. The van der Waals surface area contributed by atoms with Gasteiger partial charge in [-0.05, 0) is 25.9 Å². The van der Waals surface area contributed by atoms with E-state index in [9.17, 15) is 4.79 Å². The quantitative estimate of drug-likeness (QED) is 0.701. The molecule has 90 valence electrons. The van der Waals surface area contributed by atoms with Crippen molar-refractivity contribution in [1.29, 1.82) is 0 Å². The molecule has 1 fully saturated rings. The highest BCUT2D eigenvalue weighted by atomic mass is 16.2. The molecule has 0 aromatic rings. The SMILES string of the molecule is CNC(=O)N(C)CC#CCN1CCCCC1. The number of amides is 2. The summed E-state index contributed by atoms with van der Waals surface area (Å²) in [6.45, 7) is 3.66. The number of likely N-dealkylation sites (tertiary alicyclic amines) is 1. The van der Waals surface area contributed by atoms with Crippen molar-refractivity contribution in [2.45, 2.75) is 19.3 Å². The molecule has 0 spiro atoms. The third-order valence-electron chi connectivity index (χ3n) is 2.75. The molecule has 1 aliphatic rings. The Morgan fingerprint density at radius 1 is 1.31 bits per heavy atom. The Morgan fingerprint density at radius 2 is 2.00 bits per heavy atom. The lowest BCUT2D eigenvalue weighted by molar-refractivity contribution is 0.216. The van der Waals surface area contributed by atoms with Gasteiger partial charge < -0.3 is 10.2 Å². The summed E-state index contributed by atoms with van der Waals surface area (Å²) in [5.74, 6) is 6.14. The average Bonchev–Trinajstić information content (AvgIpc) is 2.34. The minimum Gasteiger partial charge on any atom is -0.341 e. The van der Waals surface area contributed by atoms with Crippen LogP contribution in [0, 0.1) is 11.8 Å². The van der Waals surface area contributed by atoms with E-state index in [1.165, 1.54) is 32.4 Å². The molecule has 0 unspecified atom stereocenters. The summed E-state index contributed by atoms with van der Waals surface area (Å²) in [4.78, 5) is 15.1. The van der Waals surface area contributed by atoms with Crippen LogP contribution in [0.25, 0.3) is 0 Å². The number of hydrogen-bond acceptors (Lipinski definition) is 2. The molecule has 1 rings (SSSR count). The van der Waals surface area contributed by atoms with Crippen LogP contribution >= 0.6 is 0 Å². The van der Waals surface area contributed by atoms with Crippen LogP contribution in [0.4, 0.5) is 4.79 Å². The van der Waals surface area contributed by atoms with E-state index < -0.39 is 0 Å². The first-order valence-electron chi connectivity index (χ1n) is 5.85. The zero-order valence-corrected chi connectivity index (χ0v) is 10.3. The molecule has 0 aromatic heterocycles. The number of nitrogens with one attached hydrogen (secondary N) is 1. The molecule has 0 aliphatic carbocycles. The van der Waals surface area contributed by atoms with Crippen molar-refractivity contribution < 1.29 is 4.79 Å². The van der Waals surface area contributed by atoms with Gasteiger partial charge in [-0.25, -0.2) is 4.79 Å². The number of carbonyl (C=O) groups excluding carboxylic acids is 1. The number of hydrogen-bond donors (Lipinski definition) is 1. The van der Waals surface area contributed by atoms with E-state index >= 15 is 0 Å². The van der Waals surface area contributed by atoms with Gasteiger partial charge in [0.15, 0.2) is 0 Å². The molecule has 16 heavy (non-hydrogen) atoms. The lowest BCUT2D eigenvalue weighted by Crippen LogP contribution is -2.35. The Morgan fingerprint density at radius 3 is 2.62 bits per heavy atom. The number of rotatable bonds is 2. The van der Waals surface area contributed by atoms with Crippen LogP contribution in [0.1, 0.15) is 19.3 Å². The highest BCUT2D eigenvalue weighted by molar-refractivity contribution is 5.73. The first kappa shape index (κ1) is 12.9. The van der Waals surface area contributed by atoms with Crippen LogP contribution in [0.5, 0.6) is 0 Å². The van der Waals surface area contributed by atoms with Crippen LogP contribution in [-0.4, -0.2) is 56.1 Å². The van der Waals surface area contributed by atoms with E-state index in [1.54, 1.807) is 19.0 Å². The first-order chi connectivity index (χ1) is 7.74. The fraction of sp³-hybridized carbons (Fsp3) is 0.750. The Hall–Kier alpha value is -1.21. The molecule has 0 radical (unpaired) electrons. The van der Waals surface area contributed by atoms with Gasteiger partial charge in [0.25, 0.3) is 0 Å². The van der Waals surface area contributed by atoms with Crippen LogP contribution in [0.2, 0.25) is 0 Å². The maximum absolute atomic E-state index is 11.1. The van der Waals surface area contributed by atoms with E-state index in [2.05, 4.69) is 22.1 Å². The third-order valence-corrected chi connectivity index (χ3v) is 2.75. The smallest absolute Gasteiger partial charge is 0.317 e. The van der Waals surface area contributed by atoms with Crippen molar-refractivity contribution in [2.75, 3.05) is 40.3 Å². The molecule has 0 aromatic carbocycles. The van der Waals surface area contributed by atoms with Crippen LogP contribution < -0.4 is 5.32 Å². The van der Waals surface area contributed by atoms with E-state index in [0.717, 1.165) is 6.54 Å². The monoisotopic (exact) mass is 223 g/mol. The second kappa shape index (κ2) is 7.13. The summed E-state index contributed by atoms with van der Waals surface area (Å²) in [5.41, 5.74) is 0. The summed E-state index contributed by atoms with van der Waals surface area (Å²) < 4.78 is 0. The Balaban J connectivity index is 2.19.